The first-order valence-corrected chi connectivity index (χ1v) is 13.7. The van der Waals surface area contributed by atoms with Gasteiger partial charge in [-0.1, -0.05) is 50.2 Å². The summed E-state index contributed by atoms with van der Waals surface area (Å²) in [5.41, 5.74) is 0.908. The van der Waals surface area contributed by atoms with E-state index in [0.717, 1.165) is 16.0 Å². The predicted molar refractivity (Wildman–Crippen MR) is 152 cm³/mol. The molecule has 3 N–H and O–H groups in total. The van der Waals surface area contributed by atoms with Crippen LogP contribution in [0, 0.1) is 22.0 Å². The van der Waals surface area contributed by atoms with E-state index in [0.29, 0.717) is 29.7 Å². The Morgan fingerprint density at radius 1 is 1.05 bits per heavy atom. The lowest BCUT2D eigenvalue weighted by molar-refractivity contribution is -0.384. The molecule has 0 radical (unpaired) electrons. The number of nitro groups is 1. The first-order chi connectivity index (χ1) is 20.1. The molecule has 2 saturated heterocycles. The van der Waals surface area contributed by atoms with E-state index in [1.807, 2.05) is 32.0 Å². The van der Waals surface area contributed by atoms with Crippen molar-refractivity contribution < 1.29 is 34.3 Å². The summed E-state index contributed by atoms with van der Waals surface area (Å²) in [5, 5.41) is 35.3. The number of amides is 2. The number of fused-ring (bicyclic) bond motifs is 1. The molecule has 5 rings (SSSR count). The summed E-state index contributed by atoms with van der Waals surface area (Å²) in [4.78, 5) is 53.7. The first-order valence-electron chi connectivity index (χ1n) is 13.7. The van der Waals surface area contributed by atoms with Crippen LogP contribution in [0.25, 0.3) is 0 Å². The van der Waals surface area contributed by atoms with Gasteiger partial charge in [-0.2, -0.15) is 0 Å². The molecule has 0 spiro atoms. The van der Waals surface area contributed by atoms with Gasteiger partial charge in [0.25, 0.3) is 5.69 Å². The fraction of sp³-hybridized carbons (Fsp3) is 0.323. The third-order valence-electron chi connectivity index (χ3n) is 8.42. The lowest BCUT2D eigenvalue weighted by atomic mass is 9.76. The van der Waals surface area contributed by atoms with Gasteiger partial charge in [0.2, 0.25) is 11.8 Å². The van der Waals surface area contributed by atoms with Crippen molar-refractivity contribution in [3.05, 3.63) is 93.0 Å². The zero-order valence-electron chi connectivity index (χ0n) is 23.4. The normalized spacial score (nSPS) is 23.2. The minimum atomic E-state index is -1.92. The lowest BCUT2D eigenvalue weighted by Gasteiger charge is -2.32. The van der Waals surface area contributed by atoms with E-state index >= 15 is 0 Å². The number of aromatic hydroxyl groups is 1. The number of phenols is 1. The summed E-state index contributed by atoms with van der Waals surface area (Å²) >= 11 is 0. The molecule has 4 unspecified atom stereocenters. The molecule has 3 aromatic rings. The van der Waals surface area contributed by atoms with Crippen LogP contribution in [-0.2, 0) is 33.6 Å². The summed E-state index contributed by atoms with van der Waals surface area (Å²) in [6.45, 7) is 3.85. The molecule has 2 fully saturated rings. The number of nitrogens with zero attached hydrogens (tertiary/aromatic N) is 2. The molecule has 2 heterocycles. The van der Waals surface area contributed by atoms with Crippen molar-refractivity contribution in [1.82, 2.24) is 5.32 Å². The maximum atomic E-state index is 14.4. The van der Waals surface area contributed by atoms with Crippen molar-refractivity contribution in [1.29, 1.82) is 0 Å². The van der Waals surface area contributed by atoms with Gasteiger partial charge in [-0.15, -0.1) is 0 Å². The standard InChI is InChI=1S/C31H31N3O8/c1-4-18-7-6-8-19(5-2)27(18)33-28(36)24-25(29(33)37)31(30(38)39,16-17-9-12-21(13-10-17)34(40)41)32-26(24)20-11-14-22(35)23(15-20)42-3/h6-15,24-26,32,35H,4-5,16H2,1-3H3,(H,38,39). The largest absolute Gasteiger partial charge is 0.504 e. The van der Waals surface area contributed by atoms with Gasteiger partial charge in [-0.05, 0) is 47.2 Å². The lowest BCUT2D eigenvalue weighted by Crippen LogP contribution is -2.57. The van der Waals surface area contributed by atoms with Crippen LogP contribution in [0.15, 0.2) is 60.7 Å². The van der Waals surface area contributed by atoms with Gasteiger partial charge < -0.3 is 14.9 Å². The summed E-state index contributed by atoms with van der Waals surface area (Å²) < 4.78 is 5.27. The molecule has 42 heavy (non-hydrogen) atoms. The van der Waals surface area contributed by atoms with Crippen LogP contribution in [0.4, 0.5) is 11.4 Å². The number of aliphatic carboxylic acids is 1. The third-order valence-corrected chi connectivity index (χ3v) is 8.42. The molecule has 2 aliphatic rings. The number of anilines is 1. The minimum Gasteiger partial charge on any atom is -0.504 e. The van der Waals surface area contributed by atoms with Crippen LogP contribution in [0.5, 0.6) is 11.5 Å². The average Bonchev–Trinajstić information content (AvgIpc) is 3.46. The average molecular weight is 574 g/mol. The number of benzene rings is 3. The van der Waals surface area contributed by atoms with Crippen LogP contribution >= 0.6 is 0 Å². The highest BCUT2D eigenvalue weighted by Gasteiger charge is 2.69. The van der Waals surface area contributed by atoms with E-state index < -0.39 is 46.1 Å². The summed E-state index contributed by atoms with van der Waals surface area (Å²) in [6, 6.07) is 14.6. The Balaban J connectivity index is 1.69. The van der Waals surface area contributed by atoms with Crippen molar-refractivity contribution in [2.45, 2.75) is 44.7 Å². The number of ether oxygens (including phenoxy) is 1. The van der Waals surface area contributed by atoms with Crippen LogP contribution in [0.3, 0.4) is 0 Å². The van der Waals surface area contributed by atoms with E-state index in [1.54, 1.807) is 6.07 Å². The summed E-state index contributed by atoms with van der Waals surface area (Å²) in [5.74, 6) is -4.85. The number of carbonyl (C=O) groups excluding carboxylic acids is 2. The van der Waals surface area contributed by atoms with Gasteiger partial charge >= 0.3 is 5.97 Å². The van der Waals surface area contributed by atoms with Crippen molar-refractivity contribution in [3.63, 3.8) is 0 Å². The Morgan fingerprint density at radius 3 is 2.24 bits per heavy atom. The molecule has 11 heteroatoms. The Morgan fingerprint density at radius 2 is 1.69 bits per heavy atom. The SMILES string of the molecule is CCc1cccc(CC)c1N1C(=O)C2C(c3ccc(O)c(OC)c3)NC(Cc3ccc([N+](=O)[O-])cc3)(C(=O)O)C2C1=O. The van der Waals surface area contributed by atoms with Crippen LogP contribution in [-0.4, -0.2) is 45.6 Å². The second kappa shape index (κ2) is 10.9. The molecule has 3 aromatic carbocycles. The maximum absolute atomic E-state index is 14.4. The number of nitrogens with one attached hydrogen (secondary N) is 1. The maximum Gasteiger partial charge on any atom is 0.325 e. The summed E-state index contributed by atoms with van der Waals surface area (Å²) in [7, 11) is 1.37. The minimum absolute atomic E-state index is 0.132. The second-order valence-corrected chi connectivity index (χ2v) is 10.6. The van der Waals surface area contributed by atoms with E-state index in [-0.39, 0.29) is 23.6 Å². The Bertz CT molecular complexity index is 1570. The highest BCUT2D eigenvalue weighted by atomic mass is 16.6. The molecule has 0 bridgehead atoms. The number of methoxy groups -OCH3 is 1. The highest BCUT2D eigenvalue weighted by Crippen LogP contribution is 2.52. The number of carbonyl (C=O) groups is 3. The van der Waals surface area contributed by atoms with E-state index in [2.05, 4.69) is 5.32 Å². The van der Waals surface area contributed by atoms with Gasteiger partial charge in [-0.3, -0.25) is 29.8 Å². The number of rotatable bonds is 9. The van der Waals surface area contributed by atoms with Gasteiger partial charge in [0, 0.05) is 24.6 Å². The number of imide groups is 1. The fourth-order valence-corrected chi connectivity index (χ4v) is 6.39. The molecule has 0 saturated carbocycles. The quantitative estimate of drug-likeness (QED) is 0.196. The predicted octanol–water partition coefficient (Wildman–Crippen LogP) is 3.95. The monoisotopic (exact) mass is 573 g/mol. The van der Waals surface area contributed by atoms with Crippen LogP contribution in [0.2, 0.25) is 0 Å². The number of aryl methyl sites for hydroxylation is 2. The zero-order chi connectivity index (χ0) is 30.3. The zero-order valence-corrected chi connectivity index (χ0v) is 23.4. The molecule has 0 aromatic heterocycles. The van der Waals surface area contributed by atoms with E-state index in [1.165, 1.54) is 43.5 Å². The molecule has 2 aliphatic heterocycles. The highest BCUT2D eigenvalue weighted by molar-refractivity contribution is 6.25. The number of hydrogen-bond donors (Lipinski definition) is 3. The Hall–Kier alpha value is -4.77. The number of non-ortho nitro benzene ring substituents is 1. The van der Waals surface area contributed by atoms with Gasteiger partial charge in [0.15, 0.2) is 11.5 Å². The molecule has 218 valence electrons. The number of phenolic OH excluding ortho intramolecular Hbond substituents is 1. The Labute approximate surface area is 241 Å². The number of nitro benzene ring substituents is 1. The van der Waals surface area contributed by atoms with Gasteiger partial charge in [0.05, 0.1) is 29.6 Å². The molecular weight excluding hydrogens is 542 g/mol. The molecule has 2 amide bonds. The van der Waals surface area contributed by atoms with Gasteiger partial charge in [-0.25, -0.2) is 4.90 Å². The number of carboxylic acid groups (broad SMARTS) is 1. The molecule has 4 atom stereocenters. The molecule has 0 aliphatic carbocycles. The van der Waals surface area contributed by atoms with Crippen molar-refractivity contribution >= 4 is 29.2 Å². The van der Waals surface area contributed by atoms with Crippen molar-refractivity contribution in [2.24, 2.45) is 11.8 Å². The molecule has 11 nitrogen and oxygen atoms in total. The number of para-hydroxylation sites is 1. The molecular formula is C31H31N3O8. The third kappa shape index (κ3) is 4.46. The van der Waals surface area contributed by atoms with E-state index in [4.69, 9.17) is 4.74 Å². The van der Waals surface area contributed by atoms with Gasteiger partial charge in [0.1, 0.15) is 5.54 Å². The smallest absolute Gasteiger partial charge is 0.325 e. The first kappa shape index (κ1) is 28.7. The van der Waals surface area contributed by atoms with Crippen molar-refractivity contribution in [2.75, 3.05) is 12.0 Å². The topological polar surface area (TPSA) is 159 Å². The fourth-order valence-electron chi connectivity index (χ4n) is 6.39. The van der Waals surface area contributed by atoms with Crippen LogP contribution in [0.1, 0.15) is 42.1 Å². The van der Waals surface area contributed by atoms with Crippen LogP contribution < -0.4 is 15.0 Å². The number of hydrogen-bond acceptors (Lipinski definition) is 8. The summed E-state index contributed by atoms with van der Waals surface area (Å²) in [6.07, 6.45) is 0.898. The second-order valence-electron chi connectivity index (χ2n) is 10.6. The van der Waals surface area contributed by atoms with Crippen molar-refractivity contribution in [3.8, 4) is 11.5 Å². The number of carboxylic acids is 1. The Kier molecular flexibility index (Phi) is 7.46. The van der Waals surface area contributed by atoms with E-state index in [9.17, 15) is 34.7 Å².